The highest BCUT2D eigenvalue weighted by Gasteiger charge is 2.11. The number of rotatable bonds is 8. The molecule has 92 valence electrons. The van der Waals surface area contributed by atoms with Crippen LogP contribution in [0.1, 0.15) is 45.6 Å². The van der Waals surface area contributed by atoms with Crippen LogP contribution in [0.15, 0.2) is 16.8 Å². The molecule has 16 heavy (non-hydrogen) atoms. The standard InChI is InChI=1S/C14H25NS/c1-4-9-15-14(12(2)3)7-5-6-13-8-10-16-11-13/h8,10-12,14-15H,4-7,9H2,1-3H3. The highest BCUT2D eigenvalue weighted by Crippen LogP contribution is 2.13. The van der Waals surface area contributed by atoms with Crippen molar-refractivity contribution in [2.45, 2.75) is 52.5 Å². The van der Waals surface area contributed by atoms with E-state index in [4.69, 9.17) is 0 Å². The van der Waals surface area contributed by atoms with Crippen LogP contribution in [-0.2, 0) is 6.42 Å². The first-order valence-electron chi connectivity index (χ1n) is 6.48. The van der Waals surface area contributed by atoms with E-state index in [2.05, 4.69) is 42.9 Å². The second kappa shape index (κ2) is 7.86. The molecule has 1 unspecified atom stereocenters. The van der Waals surface area contributed by atoms with E-state index in [1.807, 2.05) is 0 Å². The van der Waals surface area contributed by atoms with Crippen LogP contribution in [0.3, 0.4) is 0 Å². The van der Waals surface area contributed by atoms with Crippen LogP contribution in [0.5, 0.6) is 0 Å². The summed E-state index contributed by atoms with van der Waals surface area (Å²) < 4.78 is 0. The zero-order chi connectivity index (χ0) is 11.8. The lowest BCUT2D eigenvalue weighted by molar-refractivity contribution is 0.370. The monoisotopic (exact) mass is 239 g/mol. The van der Waals surface area contributed by atoms with E-state index in [1.165, 1.54) is 31.2 Å². The highest BCUT2D eigenvalue weighted by atomic mass is 32.1. The first-order valence-corrected chi connectivity index (χ1v) is 7.42. The third-order valence-electron chi connectivity index (χ3n) is 3.02. The van der Waals surface area contributed by atoms with E-state index in [9.17, 15) is 0 Å². The van der Waals surface area contributed by atoms with Crippen molar-refractivity contribution in [2.24, 2.45) is 5.92 Å². The van der Waals surface area contributed by atoms with Gasteiger partial charge in [-0.25, -0.2) is 0 Å². The summed E-state index contributed by atoms with van der Waals surface area (Å²) in [6.07, 6.45) is 5.07. The Kier molecular flexibility index (Phi) is 6.74. The summed E-state index contributed by atoms with van der Waals surface area (Å²) in [7, 11) is 0. The van der Waals surface area contributed by atoms with Gasteiger partial charge in [-0.3, -0.25) is 0 Å². The number of hydrogen-bond donors (Lipinski definition) is 1. The Morgan fingerprint density at radius 1 is 1.38 bits per heavy atom. The zero-order valence-electron chi connectivity index (χ0n) is 10.8. The molecule has 0 fully saturated rings. The molecular formula is C14H25NS. The summed E-state index contributed by atoms with van der Waals surface area (Å²) in [5, 5.41) is 8.09. The minimum Gasteiger partial charge on any atom is -0.314 e. The SMILES string of the molecule is CCCNC(CCCc1ccsc1)C(C)C. The molecule has 2 heteroatoms. The third kappa shape index (κ3) is 5.13. The summed E-state index contributed by atoms with van der Waals surface area (Å²) in [6.45, 7) is 8.02. The van der Waals surface area contributed by atoms with Gasteiger partial charge in [-0.1, -0.05) is 20.8 Å². The Morgan fingerprint density at radius 3 is 2.75 bits per heavy atom. The molecule has 1 aromatic rings. The maximum atomic E-state index is 3.65. The molecule has 1 nitrogen and oxygen atoms in total. The van der Waals surface area contributed by atoms with E-state index in [0.717, 1.165) is 12.5 Å². The predicted molar refractivity (Wildman–Crippen MR) is 74.2 cm³/mol. The van der Waals surface area contributed by atoms with Gasteiger partial charge >= 0.3 is 0 Å². The normalized spacial score (nSPS) is 13.2. The fourth-order valence-corrected chi connectivity index (χ4v) is 2.66. The predicted octanol–water partition coefficient (Wildman–Crippen LogP) is 4.10. The van der Waals surface area contributed by atoms with Gasteiger partial charge in [-0.15, -0.1) is 0 Å². The average Bonchev–Trinajstić information content (AvgIpc) is 2.75. The molecule has 0 aliphatic carbocycles. The molecule has 0 radical (unpaired) electrons. The quantitative estimate of drug-likeness (QED) is 0.720. The third-order valence-corrected chi connectivity index (χ3v) is 3.75. The van der Waals surface area contributed by atoms with Gasteiger partial charge in [-0.2, -0.15) is 11.3 Å². The van der Waals surface area contributed by atoms with Gasteiger partial charge < -0.3 is 5.32 Å². The van der Waals surface area contributed by atoms with Crippen LogP contribution >= 0.6 is 11.3 Å². The lowest BCUT2D eigenvalue weighted by atomic mass is 9.97. The van der Waals surface area contributed by atoms with Crippen molar-refractivity contribution < 1.29 is 0 Å². The molecule has 1 N–H and O–H groups in total. The van der Waals surface area contributed by atoms with Gasteiger partial charge in [0.25, 0.3) is 0 Å². The van der Waals surface area contributed by atoms with E-state index < -0.39 is 0 Å². The summed E-state index contributed by atoms with van der Waals surface area (Å²) in [4.78, 5) is 0. The summed E-state index contributed by atoms with van der Waals surface area (Å²) in [5.74, 6) is 0.744. The molecule has 0 aliphatic heterocycles. The lowest BCUT2D eigenvalue weighted by Crippen LogP contribution is -2.34. The van der Waals surface area contributed by atoms with Crippen LogP contribution in [0.25, 0.3) is 0 Å². The van der Waals surface area contributed by atoms with Gasteiger partial charge in [0, 0.05) is 6.04 Å². The number of hydrogen-bond acceptors (Lipinski definition) is 2. The van der Waals surface area contributed by atoms with Crippen LogP contribution in [-0.4, -0.2) is 12.6 Å². The minimum absolute atomic E-state index is 0.693. The molecule has 0 saturated carbocycles. The van der Waals surface area contributed by atoms with Gasteiger partial charge in [0.15, 0.2) is 0 Å². The largest absolute Gasteiger partial charge is 0.314 e. The molecule has 1 heterocycles. The fraction of sp³-hybridized carbons (Fsp3) is 0.714. The molecule has 1 atom stereocenters. The van der Waals surface area contributed by atoms with Crippen molar-refractivity contribution in [1.82, 2.24) is 5.32 Å². The van der Waals surface area contributed by atoms with Crippen molar-refractivity contribution in [3.63, 3.8) is 0 Å². The van der Waals surface area contributed by atoms with E-state index >= 15 is 0 Å². The van der Waals surface area contributed by atoms with Crippen LogP contribution < -0.4 is 5.32 Å². The first kappa shape index (κ1) is 13.7. The summed E-state index contributed by atoms with van der Waals surface area (Å²) in [6, 6.07) is 2.94. The van der Waals surface area contributed by atoms with Gasteiger partial charge in [0.1, 0.15) is 0 Å². The number of thiophene rings is 1. The van der Waals surface area contributed by atoms with Crippen molar-refractivity contribution in [3.05, 3.63) is 22.4 Å². The lowest BCUT2D eigenvalue weighted by Gasteiger charge is -2.22. The van der Waals surface area contributed by atoms with E-state index in [1.54, 1.807) is 11.3 Å². The Morgan fingerprint density at radius 2 is 2.19 bits per heavy atom. The van der Waals surface area contributed by atoms with Gasteiger partial charge in [-0.05, 0) is 60.5 Å². The topological polar surface area (TPSA) is 12.0 Å². The maximum absolute atomic E-state index is 3.65. The Balaban J connectivity index is 2.21. The molecule has 0 saturated heterocycles. The van der Waals surface area contributed by atoms with E-state index in [0.29, 0.717) is 6.04 Å². The van der Waals surface area contributed by atoms with Crippen LogP contribution in [0.2, 0.25) is 0 Å². The Labute approximate surface area is 104 Å². The molecule has 1 rings (SSSR count). The molecule has 0 bridgehead atoms. The molecule has 0 aliphatic rings. The molecule has 0 amide bonds. The van der Waals surface area contributed by atoms with Crippen LogP contribution in [0.4, 0.5) is 0 Å². The van der Waals surface area contributed by atoms with Crippen molar-refractivity contribution in [3.8, 4) is 0 Å². The smallest absolute Gasteiger partial charge is 0.00901 e. The summed E-state index contributed by atoms with van der Waals surface area (Å²) >= 11 is 1.80. The van der Waals surface area contributed by atoms with Crippen molar-refractivity contribution in [2.75, 3.05) is 6.54 Å². The van der Waals surface area contributed by atoms with Crippen molar-refractivity contribution >= 4 is 11.3 Å². The first-order chi connectivity index (χ1) is 7.74. The molecule has 0 spiro atoms. The Hall–Kier alpha value is -0.340. The maximum Gasteiger partial charge on any atom is 0.00901 e. The summed E-state index contributed by atoms with van der Waals surface area (Å²) in [5.41, 5.74) is 1.50. The average molecular weight is 239 g/mol. The fourth-order valence-electron chi connectivity index (χ4n) is 1.96. The second-order valence-corrected chi connectivity index (χ2v) is 5.61. The van der Waals surface area contributed by atoms with E-state index in [-0.39, 0.29) is 0 Å². The second-order valence-electron chi connectivity index (χ2n) is 4.83. The zero-order valence-corrected chi connectivity index (χ0v) is 11.6. The van der Waals surface area contributed by atoms with Gasteiger partial charge in [0.2, 0.25) is 0 Å². The van der Waals surface area contributed by atoms with Gasteiger partial charge in [0.05, 0.1) is 0 Å². The highest BCUT2D eigenvalue weighted by molar-refractivity contribution is 7.07. The van der Waals surface area contributed by atoms with Crippen LogP contribution in [0, 0.1) is 5.92 Å². The Bertz CT molecular complexity index is 254. The molecule has 0 aromatic carbocycles. The van der Waals surface area contributed by atoms with Crippen molar-refractivity contribution in [1.29, 1.82) is 0 Å². The molecule has 1 aromatic heterocycles. The number of nitrogens with one attached hydrogen (secondary N) is 1. The molecular weight excluding hydrogens is 214 g/mol. The number of aryl methyl sites for hydroxylation is 1. The minimum atomic E-state index is 0.693.